The van der Waals surface area contributed by atoms with Crippen molar-refractivity contribution in [2.24, 2.45) is 0 Å². The quantitative estimate of drug-likeness (QED) is 0.333. The number of fused-ring (bicyclic) bond motifs is 1. The van der Waals surface area contributed by atoms with E-state index in [4.69, 9.17) is 22.1 Å². The van der Waals surface area contributed by atoms with Crippen LogP contribution in [0.3, 0.4) is 0 Å². The lowest BCUT2D eigenvalue weighted by Gasteiger charge is -2.21. The molecule has 1 atom stereocenters. The Morgan fingerprint density at radius 1 is 1.39 bits per heavy atom. The number of thioether (sulfide) groups is 1. The van der Waals surface area contributed by atoms with Crippen LogP contribution in [-0.4, -0.2) is 62.0 Å². The van der Waals surface area contributed by atoms with E-state index >= 15 is 0 Å². The molecule has 1 aliphatic heterocycles. The Balaban J connectivity index is 2.03. The number of hydrogen-bond donors (Lipinski definition) is 2. The molecule has 0 bridgehead atoms. The van der Waals surface area contributed by atoms with E-state index in [-0.39, 0.29) is 36.3 Å². The third kappa shape index (κ3) is 4.98. The molecule has 0 saturated carbocycles. The second-order valence-electron chi connectivity index (χ2n) is 7.14. The summed E-state index contributed by atoms with van der Waals surface area (Å²) in [7, 11) is 0. The number of amides is 1. The molecule has 0 radical (unpaired) electrons. The number of carbonyl (C=O) groups excluding carboxylic acids is 1. The molecule has 0 spiro atoms. The van der Waals surface area contributed by atoms with Gasteiger partial charge in [-0.3, -0.25) is 18.9 Å². The molecule has 1 amide bonds. The van der Waals surface area contributed by atoms with Gasteiger partial charge in [-0.1, -0.05) is 37.0 Å². The zero-order valence-electron chi connectivity index (χ0n) is 17.8. The Morgan fingerprint density at radius 2 is 2.16 bits per heavy atom. The van der Waals surface area contributed by atoms with Gasteiger partial charge in [-0.15, -0.1) is 0 Å². The number of nitrogens with one attached hydrogen (secondary N) is 1. The highest BCUT2D eigenvalue weighted by Crippen LogP contribution is 2.34. The minimum atomic E-state index is -0.277. The van der Waals surface area contributed by atoms with Crippen LogP contribution in [0.25, 0.3) is 11.7 Å². The lowest BCUT2D eigenvalue weighted by Crippen LogP contribution is -2.36. The minimum absolute atomic E-state index is 0.0156. The molecule has 2 N–H and O–H groups in total. The van der Waals surface area contributed by atoms with E-state index in [0.29, 0.717) is 33.8 Å². The third-order valence-corrected chi connectivity index (χ3v) is 6.32. The Bertz CT molecular complexity index is 1080. The molecule has 31 heavy (non-hydrogen) atoms. The number of aromatic nitrogens is 2. The number of rotatable bonds is 9. The number of ether oxygens (including phenoxy) is 1. The number of hydrogen-bond acceptors (Lipinski definition) is 8. The van der Waals surface area contributed by atoms with Crippen LogP contribution in [0.4, 0.5) is 5.82 Å². The van der Waals surface area contributed by atoms with Crippen molar-refractivity contribution in [1.29, 1.82) is 0 Å². The monoisotopic (exact) mass is 462 g/mol. The SMILES string of the molecule is CCC(C)N1C(=O)C(=Cc2c(NCCOCCO)nc3c(C)cccn3c2=O)SC1=S. The van der Waals surface area contributed by atoms with Gasteiger partial charge in [-0.05, 0) is 38.0 Å². The van der Waals surface area contributed by atoms with E-state index in [9.17, 15) is 9.59 Å². The van der Waals surface area contributed by atoms with E-state index in [0.717, 1.165) is 12.0 Å². The molecular formula is C21H26N4O4S2. The first-order valence-electron chi connectivity index (χ1n) is 10.1. The summed E-state index contributed by atoms with van der Waals surface area (Å²) in [6.07, 6.45) is 4.01. The van der Waals surface area contributed by atoms with Crippen molar-refractivity contribution in [3.05, 3.63) is 44.7 Å². The highest BCUT2D eigenvalue weighted by atomic mass is 32.2. The van der Waals surface area contributed by atoms with Crippen LogP contribution in [0.15, 0.2) is 28.0 Å². The molecule has 1 saturated heterocycles. The normalized spacial score (nSPS) is 16.5. The van der Waals surface area contributed by atoms with Crippen LogP contribution in [0.2, 0.25) is 0 Å². The van der Waals surface area contributed by atoms with Crippen molar-refractivity contribution in [2.75, 3.05) is 31.7 Å². The first-order valence-corrected chi connectivity index (χ1v) is 11.3. The number of carbonyl (C=O) groups is 1. The zero-order valence-corrected chi connectivity index (χ0v) is 19.4. The molecule has 2 aromatic rings. The molecule has 166 valence electrons. The molecular weight excluding hydrogens is 436 g/mol. The number of nitrogens with zero attached hydrogens (tertiary/aromatic N) is 3. The summed E-state index contributed by atoms with van der Waals surface area (Å²) in [5.74, 6) is 0.177. The molecule has 8 nitrogen and oxygen atoms in total. The van der Waals surface area contributed by atoms with Crippen molar-refractivity contribution in [3.8, 4) is 0 Å². The Hall–Kier alpha value is -2.27. The predicted octanol–water partition coefficient (Wildman–Crippen LogP) is 2.42. The number of aliphatic hydroxyl groups is 1. The minimum Gasteiger partial charge on any atom is -0.394 e. The fourth-order valence-electron chi connectivity index (χ4n) is 3.16. The van der Waals surface area contributed by atoms with Crippen molar-refractivity contribution >= 4 is 51.7 Å². The molecule has 3 rings (SSSR count). The molecule has 1 unspecified atom stereocenters. The number of aryl methyl sites for hydroxylation is 1. The highest BCUT2D eigenvalue weighted by molar-refractivity contribution is 8.26. The van der Waals surface area contributed by atoms with Gasteiger partial charge >= 0.3 is 0 Å². The summed E-state index contributed by atoms with van der Waals surface area (Å²) >= 11 is 6.59. The summed E-state index contributed by atoms with van der Waals surface area (Å²) in [5.41, 5.74) is 1.40. The van der Waals surface area contributed by atoms with Crippen LogP contribution in [-0.2, 0) is 9.53 Å². The Kier molecular flexibility index (Phi) is 7.82. The van der Waals surface area contributed by atoms with Gasteiger partial charge in [0.15, 0.2) is 0 Å². The molecule has 0 aromatic carbocycles. The van der Waals surface area contributed by atoms with E-state index in [1.165, 1.54) is 16.2 Å². The average molecular weight is 463 g/mol. The van der Waals surface area contributed by atoms with Crippen LogP contribution < -0.4 is 10.9 Å². The first kappa shape index (κ1) is 23.4. The number of anilines is 1. The van der Waals surface area contributed by atoms with Crippen LogP contribution in [0.5, 0.6) is 0 Å². The van der Waals surface area contributed by atoms with Gasteiger partial charge in [0.25, 0.3) is 11.5 Å². The summed E-state index contributed by atoms with van der Waals surface area (Å²) in [4.78, 5) is 32.9. The first-order chi connectivity index (χ1) is 14.9. The largest absolute Gasteiger partial charge is 0.394 e. The fourth-order valence-corrected chi connectivity index (χ4v) is 4.60. The molecule has 10 heteroatoms. The maximum Gasteiger partial charge on any atom is 0.267 e. The predicted molar refractivity (Wildman–Crippen MR) is 127 cm³/mol. The molecule has 2 aromatic heterocycles. The van der Waals surface area contributed by atoms with Gasteiger partial charge in [0, 0.05) is 18.8 Å². The van der Waals surface area contributed by atoms with Gasteiger partial charge < -0.3 is 15.2 Å². The number of pyridine rings is 1. The van der Waals surface area contributed by atoms with Crippen LogP contribution in [0.1, 0.15) is 31.4 Å². The summed E-state index contributed by atoms with van der Waals surface area (Å²) in [6, 6.07) is 3.65. The summed E-state index contributed by atoms with van der Waals surface area (Å²) < 4.78 is 7.25. The van der Waals surface area contributed by atoms with Crippen molar-refractivity contribution < 1.29 is 14.6 Å². The molecule has 1 aliphatic rings. The average Bonchev–Trinajstić information content (AvgIpc) is 3.03. The van der Waals surface area contributed by atoms with Crippen molar-refractivity contribution in [1.82, 2.24) is 14.3 Å². The summed E-state index contributed by atoms with van der Waals surface area (Å²) in [6.45, 7) is 6.73. The second-order valence-corrected chi connectivity index (χ2v) is 8.81. The highest BCUT2D eigenvalue weighted by Gasteiger charge is 2.35. The second kappa shape index (κ2) is 10.4. The maximum atomic E-state index is 13.3. The fraction of sp³-hybridized carbons (Fsp3) is 0.429. The number of aliphatic hydroxyl groups excluding tert-OH is 1. The number of thiocarbonyl (C=S) groups is 1. The zero-order chi connectivity index (χ0) is 22.5. The van der Waals surface area contributed by atoms with Gasteiger partial charge in [-0.25, -0.2) is 4.98 Å². The van der Waals surface area contributed by atoms with Gasteiger partial charge in [0.1, 0.15) is 15.8 Å². The van der Waals surface area contributed by atoms with Gasteiger partial charge in [-0.2, -0.15) is 0 Å². The third-order valence-electron chi connectivity index (χ3n) is 4.99. The molecule has 0 aliphatic carbocycles. The van der Waals surface area contributed by atoms with Crippen LogP contribution >= 0.6 is 24.0 Å². The van der Waals surface area contributed by atoms with E-state index < -0.39 is 0 Å². The molecule has 1 fully saturated rings. The lowest BCUT2D eigenvalue weighted by atomic mass is 10.2. The van der Waals surface area contributed by atoms with Gasteiger partial charge in [0.2, 0.25) is 0 Å². The lowest BCUT2D eigenvalue weighted by molar-refractivity contribution is -0.123. The topological polar surface area (TPSA) is 96.2 Å². The Morgan fingerprint density at radius 3 is 2.87 bits per heavy atom. The smallest absolute Gasteiger partial charge is 0.267 e. The Labute approximate surface area is 190 Å². The molecule has 3 heterocycles. The standard InChI is InChI=1S/C21H26N4O4S2/c1-4-14(3)25-20(28)16(31-21(25)30)12-15-17(22-7-10-29-11-9-26)23-18-13(2)6-5-8-24(18)19(15)27/h5-6,8,12,14,22,26H,4,7,9-11H2,1-3H3. The van der Waals surface area contributed by atoms with E-state index in [1.54, 1.807) is 23.2 Å². The van der Waals surface area contributed by atoms with E-state index in [2.05, 4.69) is 10.3 Å². The van der Waals surface area contributed by atoms with Crippen molar-refractivity contribution in [2.45, 2.75) is 33.2 Å². The van der Waals surface area contributed by atoms with Crippen LogP contribution in [0, 0.1) is 6.92 Å². The maximum absolute atomic E-state index is 13.3. The van der Waals surface area contributed by atoms with Crippen molar-refractivity contribution in [3.63, 3.8) is 0 Å². The van der Waals surface area contributed by atoms with E-state index in [1.807, 2.05) is 26.8 Å². The summed E-state index contributed by atoms with van der Waals surface area (Å²) in [5, 5.41) is 12.0. The van der Waals surface area contributed by atoms with Gasteiger partial charge in [0.05, 0.1) is 30.3 Å².